The third kappa shape index (κ3) is 17.5. The van der Waals surface area contributed by atoms with E-state index in [0.29, 0.717) is 104 Å². The Labute approximate surface area is 185 Å². The first kappa shape index (κ1) is 27.2. The number of nitrogens with two attached hydrogens (primary N) is 1. The first-order valence-electron chi connectivity index (χ1n) is 10.5. The fraction of sp³-hybridized carbons (Fsp3) is 0.636. The van der Waals surface area contributed by atoms with Gasteiger partial charge in [0.25, 0.3) is 0 Å². The molecular formula is C22H37NO8. The van der Waals surface area contributed by atoms with Gasteiger partial charge in [0.15, 0.2) is 0 Å². The Morgan fingerprint density at radius 2 is 0.968 bits per heavy atom. The maximum Gasteiger partial charge on any atom is 0.142 e. The third-order valence-electron chi connectivity index (χ3n) is 3.73. The van der Waals surface area contributed by atoms with Crippen LogP contribution in [0, 0.1) is 0 Å². The predicted molar refractivity (Wildman–Crippen MR) is 117 cm³/mol. The van der Waals surface area contributed by atoms with Crippen LogP contribution < -0.4 is 10.5 Å². The number of rotatable bonds is 23. The van der Waals surface area contributed by atoms with Gasteiger partial charge in [0, 0.05) is 0 Å². The summed E-state index contributed by atoms with van der Waals surface area (Å²) in [6.07, 6.45) is 1.40. The predicted octanol–water partition coefficient (Wildman–Crippen LogP) is 1.91. The van der Waals surface area contributed by atoms with Crippen molar-refractivity contribution in [3.05, 3.63) is 37.1 Å². The molecule has 0 unspecified atom stereocenters. The zero-order chi connectivity index (χ0) is 22.2. The first-order valence-corrected chi connectivity index (χ1v) is 10.5. The highest BCUT2D eigenvalue weighted by atomic mass is 16.6. The molecule has 31 heavy (non-hydrogen) atoms. The molecule has 0 aliphatic carbocycles. The summed E-state index contributed by atoms with van der Waals surface area (Å²) in [5.41, 5.74) is 6.41. The molecule has 0 saturated carbocycles. The summed E-state index contributed by atoms with van der Waals surface area (Å²) in [5.74, 6) is 0.673. The number of para-hydroxylation sites is 2. The summed E-state index contributed by atoms with van der Waals surface area (Å²) >= 11 is 0. The largest absolute Gasteiger partial charge is 0.499 e. The second-order valence-electron chi connectivity index (χ2n) is 6.10. The zero-order valence-electron chi connectivity index (χ0n) is 18.3. The fourth-order valence-corrected chi connectivity index (χ4v) is 2.21. The first-order chi connectivity index (χ1) is 15.3. The smallest absolute Gasteiger partial charge is 0.142 e. The molecule has 9 heteroatoms. The van der Waals surface area contributed by atoms with E-state index in [1.54, 1.807) is 6.07 Å². The maximum atomic E-state index is 5.79. The lowest BCUT2D eigenvalue weighted by Crippen LogP contribution is -2.15. The van der Waals surface area contributed by atoms with Gasteiger partial charge in [-0.2, -0.15) is 0 Å². The molecular weight excluding hydrogens is 406 g/mol. The van der Waals surface area contributed by atoms with Gasteiger partial charge in [-0.25, -0.2) is 0 Å². The number of ether oxygens (including phenoxy) is 8. The Morgan fingerprint density at radius 3 is 1.39 bits per heavy atom. The molecule has 0 fully saturated rings. The van der Waals surface area contributed by atoms with Crippen molar-refractivity contribution in [2.45, 2.75) is 0 Å². The van der Waals surface area contributed by atoms with Crippen molar-refractivity contribution >= 4 is 5.69 Å². The Morgan fingerprint density at radius 1 is 0.581 bits per heavy atom. The van der Waals surface area contributed by atoms with E-state index in [-0.39, 0.29) is 0 Å². The minimum atomic E-state index is 0.446. The molecule has 178 valence electrons. The van der Waals surface area contributed by atoms with Gasteiger partial charge in [0.05, 0.1) is 91.2 Å². The minimum absolute atomic E-state index is 0.446. The standard InChI is InChI=1S/C22H37NO8/c1-2-24-7-8-25-9-10-26-11-12-27-13-14-28-15-16-29-17-18-30-19-20-31-22-6-4-3-5-21(22)23/h2-6H,1,7-20,23H2. The number of benzene rings is 1. The second kappa shape index (κ2) is 21.4. The summed E-state index contributed by atoms with van der Waals surface area (Å²) < 4.78 is 42.9. The molecule has 9 nitrogen and oxygen atoms in total. The average Bonchev–Trinajstić information content (AvgIpc) is 2.78. The number of hydrogen-bond donors (Lipinski definition) is 1. The molecule has 0 bridgehead atoms. The molecule has 0 aliphatic heterocycles. The average molecular weight is 444 g/mol. The molecule has 0 radical (unpaired) electrons. The van der Waals surface area contributed by atoms with Crippen molar-refractivity contribution in [1.29, 1.82) is 0 Å². The van der Waals surface area contributed by atoms with Crippen LogP contribution in [-0.2, 0) is 33.2 Å². The lowest BCUT2D eigenvalue weighted by molar-refractivity contribution is -0.0193. The van der Waals surface area contributed by atoms with Crippen molar-refractivity contribution in [3.8, 4) is 5.75 Å². The van der Waals surface area contributed by atoms with E-state index in [9.17, 15) is 0 Å². The number of nitrogen functional groups attached to an aromatic ring is 1. The van der Waals surface area contributed by atoms with E-state index in [2.05, 4.69) is 6.58 Å². The Bertz CT molecular complexity index is 532. The van der Waals surface area contributed by atoms with Gasteiger partial charge in [0.2, 0.25) is 0 Å². The van der Waals surface area contributed by atoms with Gasteiger partial charge in [-0.3, -0.25) is 0 Å². The third-order valence-corrected chi connectivity index (χ3v) is 3.73. The van der Waals surface area contributed by atoms with Crippen LogP contribution in [0.3, 0.4) is 0 Å². The van der Waals surface area contributed by atoms with Gasteiger partial charge in [-0.05, 0) is 12.1 Å². The SMILES string of the molecule is C=COCCOCCOCCOCCOCCOCCOCCOc1ccccc1N. The van der Waals surface area contributed by atoms with Crippen LogP contribution in [0.15, 0.2) is 37.1 Å². The summed E-state index contributed by atoms with van der Waals surface area (Å²) in [6.45, 7) is 10.6. The van der Waals surface area contributed by atoms with Gasteiger partial charge >= 0.3 is 0 Å². The van der Waals surface area contributed by atoms with Gasteiger partial charge in [0.1, 0.15) is 19.0 Å². The molecule has 0 atom stereocenters. The van der Waals surface area contributed by atoms with Crippen molar-refractivity contribution in [2.75, 3.05) is 98.2 Å². The molecule has 1 aromatic carbocycles. The molecule has 0 aliphatic rings. The van der Waals surface area contributed by atoms with E-state index < -0.39 is 0 Å². The monoisotopic (exact) mass is 443 g/mol. The fourth-order valence-electron chi connectivity index (χ4n) is 2.21. The lowest BCUT2D eigenvalue weighted by Gasteiger charge is -2.09. The van der Waals surface area contributed by atoms with E-state index in [1.165, 1.54) is 6.26 Å². The lowest BCUT2D eigenvalue weighted by atomic mass is 10.3. The minimum Gasteiger partial charge on any atom is -0.499 e. The van der Waals surface area contributed by atoms with Crippen LogP contribution in [-0.4, -0.2) is 92.5 Å². The maximum absolute atomic E-state index is 5.79. The summed E-state index contributed by atoms with van der Waals surface area (Å²) in [6, 6.07) is 7.38. The van der Waals surface area contributed by atoms with Gasteiger partial charge in [-0.1, -0.05) is 18.7 Å². The molecule has 1 aromatic rings. The number of hydrogen-bond acceptors (Lipinski definition) is 9. The highest BCUT2D eigenvalue weighted by Gasteiger charge is 1.98. The quantitative estimate of drug-likeness (QED) is 0.154. The van der Waals surface area contributed by atoms with Gasteiger partial charge < -0.3 is 43.6 Å². The molecule has 0 heterocycles. The Hall–Kier alpha value is -1.88. The van der Waals surface area contributed by atoms with Gasteiger partial charge in [-0.15, -0.1) is 0 Å². The van der Waals surface area contributed by atoms with E-state index >= 15 is 0 Å². The van der Waals surface area contributed by atoms with Crippen LogP contribution in [0.25, 0.3) is 0 Å². The summed E-state index contributed by atoms with van der Waals surface area (Å²) in [7, 11) is 0. The second-order valence-corrected chi connectivity index (χ2v) is 6.10. The van der Waals surface area contributed by atoms with Crippen LogP contribution in [0.2, 0.25) is 0 Å². The van der Waals surface area contributed by atoms with Crippen molar-refractivity contribution in [3.63, 3.8) is 0 Å². The van der Waals surface area contributed by atoms with E-state index in [0.717, 1.165) is 0 Å². The van der Waals surface area contributed by atoms with Crippen molar-refractivity contribution < 1.29 is 37.9 Å². The molecule has 0 spiro atoms. The van der Waals surface area contributed by atoms with Crippen molar-refractivity contribution in [1.82, 2.24) is 0 Å². The highest BCUT2D eigenvalue weighted by Crippen LogP contribution is 2.19. The molecule has 0 aromatic heterocycles. The molecule has 1 rings (SSSR count). The summed E-state index contributed by atoms with van der Waals surface area (Å²) in [5, 5.41) is 0. The normalized spacial score (nSPS) is 10.8. The highest BCUT2D eigenvalue weighted by molar-refractivity contribution is 5.51. The van der Waals surface area contributed by atoms with E-state index in [1.807, 2.05) is 18.2 Å². The molecule has 0 saturated heterocycles. The summed E-state index contributed by atoms with van der Waals surface area (Å²) in [4.78, 5) is 0. The Kier molecular flexibility index (Phi) is 18.7. The van der Waals surface area contributed by atoms with E-state index in [4.69, 9.17) is 43.6 Å². The van der Waals surface area contributed by atoms with Crippen molar-refractivity contribution in [2.24, 2.45) is 0 Å². The zero-order valence-corrected chi connectivity index (χ0v) is 18.3. The van der Waals surface area contributed by atoms with Crippen LogP contribution in [0.5, 0.6) is 5.75 Å². The molecule has 0 amide bonds. The Balaban J connectivity index is 1.69. The topological polar surface area (TPSA) is 99.9 Å². The van der Waals surface area contributed by atoms with Crippen LogP contribution >= 0.6 is 0 Å². The number of anilines is 1. The molecule has 2 N–H and O–H groups in total. The van der Waals surface area contributed by atoms with Crippen LogP contribution in [0.4, 0.5) is 5.69 Å². The van der Waals surface area contributed by atoms with Crippen LogP contribution in [0.1, 0.15) is 0 Å².